The van der Waals surface area contributed by atoms with Crippen molar-refractivity contribution in [3.05, 3.63) is 11.1 Å². The van der Waals surface area contributed by atoms with Crippen molar-refractivity contribution in [2.24, 2.45) is 5.92 Å². The molecule has 2 nitrogen and oxygen atoms in total. The monoisotopic (exact) mass is 207 g/mol. The van der Waals surface area contributed by atoms with Gasteiger partial charge in [0.05, 0.1) is 6.07 Å². The summed E-state index contributed by atoms with van der Waals surface area (Å²) in [5, 5.41) is 9.04. The Bertz CT molecular complexity index is 260. The molecule has 1 unspecified atom stereocenters. The van der Waals surface area contributed by atoms with Crippen molar-refractivity contribution in [1.29, 1.82) is 5.26 Å². The molecule has 0 bridgehead atoms. The van der Waals surface area contributed by atoms with Gasteiger partial charge in [-0.15, -0.1) is 0 Å². The van der Waals surface area contributed by atoms with Crippen LogP contribution in [-0.4, -0.2) is 6.29 Å². The van der Waals surface area contributed by atoms with Crippen molar-refractivity contribution in [1.82, 2.24) is 0 Å². The molecule has 0 aromatic rings. The molecule has 0 aromatic heterocycles. The topological polar surface area (TPSA) is 40.9 Å². The normalized spacial score (nSPS) is 14.0. The lowest BCUT2D eigenvalue weighted by molar-refractivity contribution is -0.110. The average molecular weight is 207 g/mol. The Morgan fingerprint density at radius 3 is 2.33 bits per heavy atom. The van der Waals surface area contributed by atoms with E-state index < -0.39 is 0 Å². The number of carbonyl (C=O) groups is 1. The van der Waals surface area contributed by atoms with Crippen molar-refractivity contribution in [2.75, 3.05) is 0 Å². The first-order chi connectivity index (χ1) is 7.19. The van der Waals surface area contributed by atoms with Crippen LogP contribution in [0.3, 0.4) is 0 Å². The summed E-state index contributed by atoms with van der Waals surface area (Å²) in [4.78, 5) is 10.6. The van der Waals surface area contributed by atoms with Gasteiger partial charge in [0.1, 0.15) is 6.29 Å². The Morgan fingerprint density at radius 2 is 1.93 bits per heavy atom. The molecule has 0 aliphatic carbocycles. The number of hydrogen-bond acceptors (Lipinski definition) is 2. The summed E-state index contributed by atoms with van der Waals surface area (Å²) >= 11 is 0. The average Bonchev–Trinajstić information content (AvgIpc) is 2.25. The van der Waals surface area contributed by atoms with Crippen LogP contribution < -0.4 is 0 Å². The van der Waals surface area contributed by atoms with Gasteiger partial charge in [-0.1, -0.05) is 39.2 Å². The van der Waals surface area contributed by atoms with Crippen LogP contribution in [0.25, 0.3) is 0 Å². The van der Waals surface area contributed by atoms with Crippen LogP contribution in [0.2, 0.25) is 0 Å². The van der Waals surface area contributed by atoms with Crippen molar-refractivity contribution in [3.63, 3.8) is 0 Å². The highest BCUT2D eigenvalue weighted by Gasteiger charge is 2.09. The highest BCUT2D eigenvalue weighted by atomic mass is 16.1. The first-order valence-corrected chi connectivity index (χ1v) is 5.75. The fourth-order valence-electron chi connectivity index (χ4n) is 1.68. The van der Waals surface area contributed by atoms with Crippen LogP contribution in [-0.2, 0) is 4.79 Å². The minimum absolute atomic E-state index is 0.0340. The molecular weight excluding hydrogens is 186 g/mol. The Kier molecular flexibility index (Phi) is 7.62. The van der Waals surface area contributed by atoms with E-state index in [4.69, 9.17) is 5.26 Å². The summed E-state index contributed by atoms with van der Waals surface area (Å²) in [6.07, 6.45) is 5.54. The Balaban J connectivity index is 4.72. The summed E-state index contributed by atoms with van der Waals surface area (Å²) in [6.45, 7) is 6.08. The van der Waals surface area contributed by atoms with Gasteiger partial charge in [-0.2, -0.15) is 5.26 Å². The maximum atomic E-state index is 10.6. The van der Waals surface area contributed by atoms with Crippen LogP contribution in [0.5, 0.6) is 0 Å². The van der Waals surface area contributed by atoms with Crippen LogP contribution in [0.4, 0.5) is 0 Å². The molecular formula is C13H21NO. The van der Waals surface area contributed by atoms with E-state index in [1.54, 1.807) is 0 Å². The molecule has 0 radical (unpaired) electrons. The molecule has 2 heteroatoms. The lowest BCUT2D eigenvalue weighted by Gasteiger charge is -2.11. The van der Waals surface area contributed by atoms with E-state index in [1.165, 1.54) is 5.57 Å². The third-order valence-corrected chi connectivity index (χ3v) is 2.41. The van der Waals surface area contributed by atoms with Gasteiger partial charge in [-0.25, -0.2) is 0 Å². The number of nitriles is 1. The second kappa shape index (κ2) is 8.23. The number of hydrogen-bond donors (Lipinski definition) is 0. The Morgan fingerprint density at radius 1 is 1.33 bits per heavy atom. The molecule has 0 saturated heterocycles. The standard InChI is InChI=1S/C13H21NO/c1-4-6-12(8-11(3)10-15)13(9-14)7-5-2/h10-11H,4-8H2,1-3H3/b13-12-. The zero-order valence-corrected chi connectivity index (χ0v) is 10.0. The number of aldehydes is 1. The molecule has 1 atom stereocenters. The zero-order valence-electron chi connectivity index (χ0n) is 10.0. The minimum atomic E-state index is 0.0340. The van der Waals surface area contributed by atoms with Gasteiger partial charge in [0.15, 0.2) is 0 Å². The highest BCUT2D eigenvalue weighted by molar-refractivity contribution is 5.53. The zero-order chi connectivity index (χ0) is 11.7. The molecule has 0 aliphatic heterocycles. The first-order valence-electron chi connectivity index (χ1n) is 5.75. The number of allylic oxidation sites excluding steroid dienone is 2. The molecule has 0 rings (SSSR count). The number of rotatable bonds is 7. The van der Waals surface area contributed by atoms with Gasteiger partial charge >= 0.3 is 0 Å². The smallest absolute Gasteiger partial charge is 0.123 e. The van der Waals surface area contributed by atoms with E-state index in [0.29, 0.717) is 0 Å². The second-order valence-corrected chi connectivity index (χ2v) is 4.01. The molecule has 0 aromatic carbocycles. The van der Waals surface area contributed by atoms with Crippen LogP contribution >= 0.6 is 0 Å². The maximum Gasteiger partial charge on any atom is 0.123 e. The fourth-order valence-corrected chi connectivity index (χ4v) is 1.68. The molecule has 0 spiro atoms. The van der Waals surface area contributed by atoms with E-state index in [0.717, 1.165) is 44.0 Å². The maximum absolute atomic E-state index is 10.6. The molecule has 0 amide bonds. The fraction of sp³-hybridized carbons (Fsp3) is 0.692. The van der Waals surface area contributed by atoms with Gasteiger partial charge < -0.3 is 4.79 Å². The summed E-state index contributed by atoms with van der Waals surface area (Å²) < 4.78 is 0. The van der Waals surface area contributed by atoms with Gasteiger partial charge in [0.25, 0.3) is 0 Å². The molecule has 0 fully saturated rings. The Hall–Kier alpha value is -1.10. The quantitative estimate of drug-likeness (QED) is 0.472. The number of carbonyl (C=O) groups excluding carboxylic acids is 1. The predicted octanol–water partition coefficient (Wildman–Crippen LogP) is 3.63. The molecule has 84 valence electrons. The summed E-state index contributed by atoms with van der Waals surface area (Å²) in [5.41, 5.74) is 2.08. The van der Waals surface area contributed by atoms with Crippen LogP contribution in [0.15, 0.2) is 11.1 Å². The molecule has 0 N–H and O–H groups in total. The van der Waals surface area contributed by atoms with Crippen molar-refractivity contribution < 1.29 is 4.79 Å². The van der Waals surface area contributed by atoms with Crippen molar-refractivity contribution >= 4 is 6.29 Å². The van der Waals surface area contributed by atoms with Gasteiger partial charge in [-0.3, -0.25) is 0 Å². The van der Waals surface area contributed by atoms with E-state index in [2.05, 4.69) is 19.9 Å². The van der Waals surface area contributed by atoms with E-state index in [1.807, 2.05) is 6.92 Å². The van der Waals surface area contributed by atoms with E-state index in [9.17, 15) is 4.79 Å². The second-order valence-electron chi connectivity index (χ2n) is 4.01. The molecule has 0 aliphatic rings. The van der Waals surface area contributed by atoms with Crippen LogP contribution in [0, 0.1) is 17.2 Å². The lowest BCUT2D eigenvalue weighted by atomic mass is 9.93. The third-order valence-electron chi connectivity index (χ3n) is 2.41. The van der Waals surface area contributed by atoms with Gasteiger partial charge in [0, 0.05) is 11.5 Å². The third kappa shape index (κ3) is 5.37. The van der Waals surface area contributed by atoms with Crippen molar-refractivity contribution in [3.8, 4) is 6.07 Å². The van der Waals surface area contributed by atoms with Gasteiger partial charge in [0.2, 0.25) is 0 Å². The highest BCUT2D eigenvalue weighted by Crippen LogP contribution is 2.22. The Labute approximate surface area is 93.0 Å². The summed E-state index contributed by atoms with van der Waals surface area (Å²) in [7, 11) is 0. The van der Waals surface area contributed by atoms with Crippen molar-refractivity contribution in [2.45, 2.75) is 52.9 Å². The molecule has 15 heavy (non-hydrogen) atoms. The van der Waals surface area contributed by atoms with E-state index in [-0.39, 0.29) is 5.92 Å². The summed E-state index contributed by atoms with van der Waals surface area (Å²) in [6, 6.07) is 2.28. The number of nitrogens with zero attached hydrogens (tertiary/aromatic N) is 1. The van der Waals surface area contributed by atoms with E-state index >= 15 is 0 Å². The molecule has 0 heterocycles. The first kappa shape index (κ1) is 13.9. The lowest BCUT2D eigenvalue weighted by Crippen LogP contribution is -2.01. The SMILES string of the molecule is CCC/C(C#N)=C(\CCC)CC(C)C=O. The van der Waals surface area contributed by atoms with Crippen LogP contribution in [0.1, 0.15) is 52.9 Å². The molecule has 0 saturated carbocycles. The summed E-state index contributed by atoms with van der Waals surface area (Å²) in [5.74, 6) is 0.0340. The largest absolute Gasteiger partial charge is 0.303 e. The minimum Gasteiger partial charge on any atom is -0.303 e. The predicted molar refractivity (Wildman–Crippen MR) is 62.3 cm³/mol. The van der Waals surface area contributed by atoms with Gasteiger partial charge in [-0.05, 0) is 19.3 Å².